The van der Waals surface area contributed by atoms with Gasteiger partial charge in [0.2, 0.25) is 10.0 Å². The summed E-state index contributed by atoms with van der Waals surface area (Å²) < 4.78 is 26.9. The molecule has 0 amide bonds. The molecule has 1 atom stereocenters. The highest BCUT2D eigenvalue weighted by atomic mass is 35.5. The third kappa shape index (κ3) is 2.89. The first-order valence-electron chi connectivity index (χ1n) is 6.59. The fourth-order valence-electron chi connectivity index (χ4n) is 2.56. The largest absolute Gasteiger partial charge is 0.326 e. The SMILES string of the molecule is Cc1cnc2c(S(=O)(=O)N3CC[C@@H](N)C3)cccc2c1.Cl. The second kappa shape index (κ2) is 5.88. The quantitative estimate of drug-likeness (QED) is 0.910. The van der Waals surface area contributed by atoms with Crippen LogP contribution >= 0.6 is 12.4 Å². The molecule has 3 rings (SSSR count). The lowest BCUT2D eigenvalue weighted by Crippen LogP contribution is -2.32. The minimum Gasteiger partial charge on any atom is -0.326 e. The van der Waals surface area contributed by atoms with Gasteiger partial charge in [0, 0.05) is 30.7 Å². The Hall–Kier alpha value is -1.21. The van der Waals surface area contributed by atoms with Crippen LogP contribution in [0.3, 0.4) is 0 Å². The number of halogens is 1. The molecule has 1 saturated heterocycles. The molecule has 2 aromatic rings. The van der Waals surface area contributed by atoms with Crippen LogP contribution < -0.4 is 5.73 Å². The molecule has 0 saturated carbocycles. The standard InChI is InChI=1S/C14H17N3O2S.ClH/c1-10-7-11-3-2-4-13(14(11)16-8-10)20(18,19)17-6-5-12(15)9-17;/h2-4,7-8,12H,5-6,9,15H2,1H3;1H/t12-;/m1./s1. The van der Waals surface area contributed by atoms with Gasteiger partial charge in [0.15, 0.2) is 0 Å². The maximum absolute atomic E-state index is 12.7. The van der Waals surface area contributed by atoms with E-state index in [4.69, 9.17) is 5.73 Å². The van der Waals surface area contributed by atoms with Gasteiger partial charge in [-0.25, -0.2) is 8.42 Å². The molecule has 2 N–H and O–H groups in total. The monoisotopic (exact) mass is 327 g/mol. The molecular formula is C14H18ClN3O2S. The van der Waals surface area contributed by atoms with Crippen molar-refractivity contribution in [2.45, 2.75) is 24.3 Å². The minimum atomic E-state index is -3.52. The normalized spacial score (nSPS) is 19.6. The summed E-state index contributed by atoms with van der Waals surface area (Å²) in [6, 6.07) is 7.12. The molecule has 1 aliphatic rings. The Morgan fingerprint density at radius 3 is 2.81 bits per heavy atom. The van der Waals surface area contributed by atoms with Crippen LogP contribution in [0.1, 0.15) is 12.0 Å². The Balaban J connectivity index is 0.00000161. The summed E-state index contributed by atoms with van der Waals surface area (Å²) >= 11 is 0. The Bertz CT molecular complexity index is 764. The van der Waals surface area contributed by atoms with Crippen molar-refractivity contribution in [1.29, 1.82) is 0 Å². The van der Waals surface area contributed by atoms with E-state index in [2.05, 4.69) is 4.98 Å². The number of rotatable bonds is 2. The maximum Gasteiger partial charge on any atom is 0.245 e. The number of aromatic nitrogens is 1. The van der Waals surface area contributed by atoms with Crippen molar-refractivity contribution in [3.05, 3.63) is 36.0 Å². The van der Waals surface area contributed by atoms with Gasteiger partial charge >= 0.3 is 0 Å². The molecule has 1 aromatic heterocycles. The first-order chi connectivity index (χ1) is 9.48. The number of pyridine rings is 1. The average molecular weight is 328 g/mol. The van der Waals surface area contributed by atoms with Gasteiger partial charge in [-0.15, -0.1) is 12.4 Å². The zero-order chi connectivity index (χ0) is 14.3. The molecule has 0 bridgehead atoms. The smallest absolute Gasteiger partial charge is 0.245 e. The van der Waals surface area contributed by atoms with Crippen molar-refractivity contribution in [2.24, 2.45) is 5.73 Å². The molecule has 114 valence electrons. The zero-order valence-corrected chi connectivity index (χ0v) is 13.3. The van der Waals surface area contributed by atoms with Gasteiger partial charge in [0.25, 0.3) is 0 Å². The third-order valence-electron chi connectivity index (χ3n) is 3.62. The van der Waals surface area contributed by atoms with Crippen LogP contribution in [-0.4, -0.2) is 36.8 Å². The molecule has 1 aromatic carbocycles. The summed E-state index contributed by atoms with van der Waals surface area (Å²) in [4.78, 5) is 4.57. The molecule has 1 aliphatic heterocycles. The summed E-state index contributed by atoms with van der Waals surface area (Å²) in [5.41, 5.74) is 7.35. The first kappa shape index (κ1) is 16.2. The van der Waals surface area contributed by atoms with E-state index in [9.17, 15) is 8.42 Å². The second-order valence-corrected chi connectivity index (χ2v) is 7.16. The number of nitrogens with two attached hydrogens (primary N) is 1. The molecule has 7 heteroatoms. The molecule has 0 spiro atoms. The Labute approximate surface area is 130 Å². The lowest BCUT2D eigenvalue weighted by Gasteiger charge is -2.17. The van der Waals surface area contributed by atoms with Crippen LogP contribution in [0.25, 0.3) is 10.9 Å². The lowest BCUT2D eigenvalue weighted by molar-refractivity contribution is 0.473. The number of benzene rings is 1. The Morgan fingerprint density at radius 1 is 1.38 bits per heavy atom. The third-order valence-corrected chi connectivity index (χ3v) is 5.51. The van der Waals surface area contributed by atoms with E-state index < -0.39 is 10.0 Å². The first-order valence-corrected chi connectivity index (χ1v) is 8.03. The summed E-state index contributed by atoms with van der Waals surface area (Å²) in [7, 11) is -3.52. The van der Waals surface area contributed by atoms with Crippen molar-refractivity contribution < 1.29 is 8.42 Å². The van der Waals surface area contributed by atoms with E-state index >= 15 is 0 Å². The van der Waals surface area contributed by atoms with Crippen molar-refractivity contribution in [2.75, 3.05) is 13.1 Å². The number of nitrogens with zero attached hydrogens (tertiary/aromatic N) is 2. The molecule has 0 radical (unpaired) electrons. The number of para-hydroxylation sites is 1. The molecule has 0 unspecified atom stereocenters. The molecule has 5 nitrogen and oxygen atoms in total. The number of hydrogen-bond acceptors (Lipinski definition) is 4. The number of aryl methyl sites for hydroxylation is 1. The Kier molecular flexibility index (Phi) is 4.53. The van der Waals surface area contributed by atoms with Crippen LogP contribution in [0.15, 0.2) is 35.4 Å². The summed E-state index contributed by atoms with van der Waals surface area (Å²) in [5, 5.41) is 0.842. The maximum atomic E-state index is 12.7. The van der Waals surface area contributed by atoms with E-state index in [1.807, 2.05) is 19.1 Å². The average Bonchev–Trinajstić information content (AvgIpc) is 2.85. The van der Waals surface area contributed by atoms with Crippen molar-refractivity contribution in [3.63, 3.8) is 0 Å². The van der Waals surface area contributed by atoms with Gasteiger partial charge in [-0.05, 0) is 31.0 Å². The molecule has 1 fully saturated rings. The van der Waals surface area contributed by atoms with Crippen molar-refractivity contribution in [1.82, 2.24) is 9.29 Å². The highest BCUT2D eigenvalue weighted by Crippen LogP contribution is 2.26. The second-order valence-electron chi connectivity index (χ2n) is 5.25. The van der Waals surface area contributed by atoms with Gasteiger partial charge < -0.3 is 5.73 Å². The van der Waals surface area contributed by atoms with Gasteiger partial charge in [-0.1, -0.05) is 12.1 Å². The number of hydrogen-bond donors (Lipinski definition) is 1. The molecule has 2 heterocycles. The fraction of sp³-hybridized carbons (Fsp3) is 0.357. The van der Waals surface area contributed by atoms with Gasteiger partial charge in [0.05, 0.1) is 5.52 Å². The van der Waals surface area contributed by atoms with Crippen LogP contribution in [-0.2, 0) is 10.0 Å². The fourth-order valence-corrected chi connectivity index (χ4v) is 4.24. The van der Waals surface area contributed by atoms with Crippen LogP contribution in [0.2, 0.25) is 0 Å². The van der Waals surface area contributed by atoms with E-state index in [1.54, 1.807) is 18.3 Å². The van der Waals surface area contributed by atoms with E-state index in [0.717, 1.165) is 10.9 Å². The van der Waals surface area contributed by atoms with E-state index in [1.165, 1.54) is 4.31 Å². The topological polar surface area (TPSA) is 76.3 Å². The zero-order valence-electron chi connectivity index (χ0n) is 11.7. The van der Waals surface area contributed by atoms with Gasteiger partial charge in [-0.3, -0.25) is 4.98 Å². The molecule has 0 aliphatic carbocycles. The molecular weight excluding hydrogens is 310 g/mol. The highest BCUT2D eigenvalue weighted by Gasteiger charge is 2.32. The van der Waals surface area contributed by atoms with E-state index in [0.29, 0.717) is 25.0 Å². The van der Waals surface area contributed by atoms with Crippen molar-refractivity contribution in [3.8, 4) is 0 Å². The van der Waals surface area contributed by atoms with Crippen LogP contribution in [0.4, 0.5) is 0 Å². The number of fused-ring (bicyclic) bond motifs is 1. The lowest BCUT2D eigenvalue weighted by atomic mass is 10.2. The van der Waals surface area contributed by atoms with Crippen LogP contribution in [0, 0.1) is 6.92 Å². The van der Waals surface area contributed by atoms with Gasteiger partial charge in [0.1, 0.15) is 4.90 Å². The summed E-state index contributed by atoms with van der Waals surface area (Å²) in [5.74, 6) is 0. The number of sulfonamides is 1. The Morgan fingerprint density at radius 2 is 2.14 bits per heavy atom. The van der Waals surface area contributed by atoms with Crippen molar-refractivity contribution >= 4 is 33.3 Å². The predicted octanol–water partition coefficient (Wildman–Crippen LogP) is 1.69. The summed E-state index contributed by atoms with van der Waals surface area (Å²) in [6.07, 6.45) is 2.40. The summed E-state index contributed by atoms with van der Waals surface area (Å²) in [6.45, 7) is 2.80. The van der Waals surface area contributed by atoms with Crippen LogP contribution in [0.5, 0.6) is 0 Å². The molecule has 21 heavy (non-hydrogen) atoms. The predicted molar refractivity (Wildman–Crippen MR) is 85.1 cm³/mol. The van der Waals surface area contributed by atoms with E-state index in [-0.39, 0.29) is 23.3 Å². The minimum absolute atomic E-state index is 0. The highest BCUT2D eigenvalue weighted by molar-refractivity contribution is 7.89. The van der Waals surface area contributed by atoms with Gasteiger partial charge in [-0.2, -0.15) is 4.31 Å².